The minimum absolute atomic E-state index is 0.00807. The monoisotopic (exact) mass is 330 g/mol. The van der Waals surface area contributed by atoms with Crippen LogP contribution in [0.1, 0.15) is 42.8 Å². The maximum atomic E-state index is 11.8. The number of nitrogens with zero attached hydrogens (tertiary/aromatic N) is 2. The molecule has 1 aromatic carbocycles. The molecule has 0 fully saturated rings. The quantitative estimate of drug-likeness (QED) is 0.774. The molecule has 24 heavy (non-hydrogen) atoms. The van der Waals surface area contributed by atoms with E-state index in [1.165, 1.54) is 5.56 Å². The number of hydrogen-bond acceptors (Lipinski definition) is 4. The Labute approximate surface area is 143 Å². The van der Waals surface area contributed by atoms with Crippen LogP contribution in [0.2, 0.25) is 0 Å². The molecule has 2 aromatic rings. The van der Waals surface area contributed by atoms with Crippen LogP contribution in [0.5, 0.6) is 0 Å². The standard InChI is InChI=1S/C18H26N4O2/c1-13(2)14-4-6-15(7-5-14)16(19)10-21-18(23)12-24-11-17-20-8-9-22(17)3/h4-9,13,16H,10-12,19H2,1-3H3,(H,21,23). The number of aryl methyl sites for hydroxylation is 1. The number of nitrogens with two attached hydrogens (primary N) is 1. The van der Waals surface area contributed by atoms with Crippen LogP contribution in [-0.2, 0) is 23.2 Å². The number of nitrogens with one attached hydrogen (secondary N) is 1. The van der Waals surface area contributed by atoms with Gasteiger partial charge in [0, 0.05) is 32.0 Å². The first-order valence-electron chi connectivity index (χ1n) is 8.13. The zero-order chi connectivity index (χ0) is 17.5. The van der Waals surface area contributed by atoms with Gasteiger partial charge in [-0.1, -0.05) is 38.1 Å². The van der Waals surface area contributed by atoms with Gasteiger partial charge >= 0.3 is 0 Å². The van der Waals surface area contributed by atoms with Crippen molar-refractivity contribution in [2.45, 2.75) is 32.4 Å². The van der Waals surface area contributed by atoms with E-state index in [0.29, 0.717) is 19.1 Å². The molecule has 0 aliphatic carbocycles. The van der Waals surface area contributed by atoms with E-state index < -0.39 is 0 Å². The van der Waals surface area contributed by atoms with Crippen molar-refractivity contribution in [2.24, 2.45) is 12.8 Å². The van der Waals surface area contributed by atoms with Gasteiger partial charge in [-0.05, 0) is 17.0 Å². The fourth-order valence-corrected chi connectivity index (χ4v) is 2.29. The van der Waals surface area contributed by atoms with Gasteiger partial charge in [-0.3, -0.25) is 4.79 Å². The second kappa shape index (κ2) is 8.61. The first kappa shape index (κ1) is 18.2. The number of ether oxygens (including phenoxy) is 1. The molecule has 0 bridgehead atoms. The third kappa shape index (κ3) is 5.18. The molecule has 6 nitrogen and oxygen atoms in total. The second-order valence-corrected chi connectivity index (χ2v) is 6.18. The second-order valence-electron chi connectivity index (χ2n) is 6.18. The molecule has 0 saturated heterocycles. The van der Waals surface area contributed by atoms with Crippen molar-refractivity contribution >= 4 is 5.91 Å². The highest BCUT2D eigenvalue weighted by atomic mass is 16.5. The van der Waals surface area contributed by atoms with Crippen LogP contribution in [0, 0.1) is 0 Å². The largest absolute Gasteiger partial charge is 0.364 e. The first-order chi connectivity index (χ1) is 11.5. The zero-order valence-electron chi connectivity index (χ0n) is 14.5. The number of aromatic nitrogens is 2. The lowest BCUT2D eigenvalue weighted by Gasteiger charge is -2.14. The van der Waals surface area contributed by atoms with Crippen LogP contribution in [0.25, 0.3) is 0 Å². The molecule has 6 heteroatoms. The van der Waals surface area contributed by atoms with E-state index in [1.807, 2.05) is 29.9 Å². The number of carbonyl (C=O) groups excluding carboxylic acids is 1. The summed E-state index contributed by atoms with van der Waals surface area (Å²) in [5, 5.41) is 2.80. The highest BCUT2D eigenvalue weighted by molar-refractivity contribution is 5.77. The van der Waals surface area contributed by atoms with Gasteiger partial charge in [0.05, 0.1) is 0 Å². The van der Waals surface area contributed by atoms with E-state index in [0.717, 1.165) is 11.4 Å². The van der Waals surface area contributed by atoms with Crippen LogP contribution in [0.15, 0.2) is 36.7 Å². The van der Waals surface area contributed by atoms with Gasteiger partial charge in [0.2, 0.25) is 5.91 Å². The number of carbonyl (C=O) groups is 1. The molecule has 0 aliphatic heterocycles. The van der Waals surface area contributed by atoms with Crippen molar-refractivity contribution in [1.29, 1.82) is 0 Å². The van der Waals surface area contributed by atoms with Gasteiger partial charge in [0.25, 0.3) is 0 Å². The first-order valence-corrected chi connectivity index (χ1v) is 8.13. The number of rotatable bonds is 8. The van der Waals surface area contributed by atoms with Gasteiger partial charge < -0.3 is 20.4 Å². The van der Waals surface area contributed by atoms with Crippen LogP contribution < -0.4 is 11.1 Å². The molecule has 0 spiro atoms. The summed E-state index contributed by atoms with van der Waals surface area (Å²) in [7, 11) is 1.88. The molecular weight excluding hydrogens is 304 g/mol. The minimum Gasteiger partial charge on any atom is -0.364 e. The van der Waals surface area contributed by atoms with Crippen molar-refractivity contribution < 1.29 is 9.53 Å². The van der Waals surface area contributed by atoms with Crippen LogP contribution in [-0.4, -0.2) is 28.6 Å². The topological polar surface area (TPSA) is 82.2 Å². The van der Waals surface area contributed by atoms with Gasteiger partial charge in [-0.15, -0.1) is 0 Å². The molecule has 1 atom stereocenters. The summed E-state index contributed by atoms with van der Waals surface area (Å²) in [6, 6.07) is 7.97. The molecule has 130 valence electrons. The molecule has 1 aromatic heterocycles. The predicted octanol–water partition coefficient (Wildman–Crippen LogP) is 1.88. The highest BCUT2D eigenvalue weighted by Crippen LogP contribution is 2.17. The Morgan fingerprint density at radius 2 is 1.96 bits per heavy atom. The van der Waals surface area contributed by atoms with E-state index in [9.17, 15) is 4.79 Å². The Morgan fingerprint density at radius 3 is 2.54 bits per heavy atom. The van der Waals surface area contributed by atoms with Crippen molar-refractivity contribution in [1.82, 2.24) is 14.9 Å². The summed E-state index contributed by atoms with van der Waals surface area (Å²) in [6.45, 7) is 4.98. The lowest BCUT2D eigenvalue weighted by atomic mass is 9.99. The third-order valence-corrected chi connectivity index (χ3v) is 3.94. The lowest BCUT2D eigenvalue weighted by Crippen LogP contribution is -2.34. The number of hydrogen-bond donors (Lipinski definition) is 2. The summed E-state index contributed by atoms with van der Waals surface area (Å²) in [6.07, 6.45) is 3.53. The summed E-state index contributed by atoms with van der Waals surface area (Å²) in [4.78, 5) is 15.9. The normalized spacial score (nSPS) is 12.4. The van der Waals surface area contributed by atoms with Gasteiger partial charge in [-0.2, -0.15) is 0 Å². The van der Waals surface area contributed by atoms with E-state index in [1.54, 1.807) is 6.20 Å². The maximum Gasteiger partial charge on any atom is 0.246 e. The average Bonchev–Trinajstić information content (AvgIpc) is 2.98. The molecule has 0 aliphatic rings. The molecule has 0 saturated carbocycles. The fourth-order valence-electron chi connectivity index (χ4n) is 2.29. The molecule has 0 radical (unpaired) electrons. The number of imidazole rings is 1. The van der Waals surface area contributed by atoms with Crippen molar-refractivity contribution in [3.8, 4) is 0 Å². The average molecular weight is 330 g/mol. The van der Waals surface area contributed by atoms with E-state index in [2.05, 4.69) is 36.3 Å². The summed E-state index contributed by atoms with van der Waals surface area (Å²) < 4.78 is 7.22. The smallest absolute Gasteiger partial charge is 0.246 e. The molecule has 3 N–H and O–H groups in total. The number of amides is 1. The maximum absolute atomic E-state index is 11.8. The van der Waals surface area contributed by atoms with Gasteiger partial charge in [0.1, 0.15) is 19.0 Å². The zero-order valence-corrected chi connectivity index (χ0v) is 14.5. The Bertz CT molecular complexity index is 649. The Kier molecular flexibility index (Phi) is 6.52. The van der Waals surface area contributed by atoms with Crippen LogP contribution in [0.4, 0.5) is 0 Å². The SMILES string of the molecule is CC(C)c1ccc(C(N)CNC(=O)COCc2nccn2C)cc1. The summed E-state index contributed by atoms with van der Waals surface area (Å²) in [5.74, 6) is 1.09. The third-order valence-electron chi connectivity index (χ3n) is 3.94. The van der Waals surface area contributed by atoms with Crippen molar-refractivity contribution in [2.75, 3.05) is 13.2 Å². The minimum atomic E-state index is -0.232. The summed E-state index contributed by atoms with van der Waals surface area (Å²) >= 11 is 0. The molecule has 1 unspecified atom stereocenters. The Hall–Kier alpha value is -2.18. The van der Waals surface area contributed by atoms with Gasteiger partial charge in [-0.25, -0.2) is 4.98 Å². The molecule has 2 rings (SSSR count). The van der Waals surface area contributed by atoms with E-state index in [-0.39, 0.29) is 18.6 Å². The highest BCUT2D eigenvalue weighted by Gasteiger charge is 2.09. The Balaban J connectivity index is 1.71. The summed E-state index contributed by atoms with van der Waals surface area (Å²) in [5.41, 5.74) is 8.41. The van der Waals surface area contributed by atoms with Gasteiger partial charge in [0.15, 0.2) is 0 Å². The van der Waals surface area contributed by atoms with E-state index >= 15 is 0 Å². The molecular formula is C18H26N4O2. The van der Waals surface area contributed by atoms with Crippen molar-refractivity contribution in [3.63, 3.8) is 0 Å². The molecule has 1 amide bonds. The lowest BCUT2D eigenvalue weighted by molar-refractivity contribution is -0.126. The fraction of sp³-hybridized carbons (Fsp3) is 0.444. The van der Waals surface area contributed by atoms with Crippen LogP contribution in [0.3, 0.4) is 0 Å². The molecule has 1 heterocycles. The number of benzene rings is 1. The van der Waals surface area contributed by atoms with E-state index in [4.69, 9.17) is 10.5 Å². The Morgan fingerprint density at radius 1 is 1.29 bits per heavy atom. The van der Waals surface area contributed by atoms with Crippen LogP contribution >= 0.6 is 0 Å². The van der Waals surface area contributed by atoms with Crippen molar-refractivity contribution in [3.05, 3.63) is 53.6 Å². The predicted molar refractivity (Wildman–Crippen MR) is 93.3 cm³/mol.